The van der Waals surface area contributed by atoms with Crippen LogP contribution >= 0.6 is 0 Å². The Balaban J connectivity index is 2.34. The smallest absolute Gasteiger partial charge is 0.299 e. The average Bonchev–Trinajstić information content (AvgIpc) is 2.29. The van der Waals surface area contributed by atoms with Gasteiger partial charge in [-0.2, -0.15) is 4.57 Å². The van der Waals surface area contributed by atoms with Crippen molar-refractivity contribution in [3.63, 3.8) is 0 Å². The van der Waals surface area contributed by atoms with Crippen LogP contribution < -0.4 is 9.30 Å². The van der Waals surface area contributed by atoms with Crippen molar-refractivity contribution < 1.29 is 9.30 Å². The summed E-state index contributed by atoms with van der Waals surface area (Å²) >= 11 is 0. The normalized spacial score (nSPS) is 17.2. The van der Waals surface area contributed by atoms with Gasteiger partial charge in [0.1, 0.15) is 5.75 Å². The molecule has 1 aliphatic heterocycles. The second-order valence-corrected chi connectivity index (χ2v) is 4.16. The lowest BCUT2D eigenvalue weighted by Gasteiger charge is -2.21. The second-order valence-electron chi connectivity index (χ2n) is 4.16. The molecule has 1 aliphatic rings. The molecule has 0 N–H and O–H groups in total. The Morgan fingerprint density at radius 1 is 1.12 bits per heavy atom. The first kappa shape index (κ1) is 9.40. The maximum absolute atomic E-state index is 5.90. The summed E-state index contributed by atoms with van der Waals surface area (Å²) in [6.45, 7) is 4.18. The van der Waals surface area contributed by atoms with Crippen LogP contribution in [0.4, 0.5) is 0 Å². The minimum atomic E-state index is 0.0606. The maximum atomic E-state index is 5.90. The Morgan fingerprint density at radius 3 is 2.88 bits per heavy atom. The maximum Gasteiger partial charge on any atom is 0.299 e. The summed E-state index contributed by atoms with van der Waals surface area (Å²) in [5, 5.41) is 0. The molecule has 0 amide bonds. The molecule has 0 spiro atoms. The predicted octanol–water partition coefficient (Wildman–Crippen LogP) is 2.86. The van der Waals surface area contributed by atoms with E-state index in [1.165, 1.54) is 16.8 Å². The third kappa shape index (κ3) is 1.23. The highest BCUT2D eigenvalue weighted by atomic mass is 16.5. The van der Waals surface area contributed by atoms with Crippen molar-refractivity contribution in [3.8, 4) is 17.0 Å². The summed E-state index contributed by atoms with van der Waals surface area (Å²) in [4.78, 5) is 0. The highest BCUT2D eigenvalue weighted by molar-refractivity contribution is 5.69. The molecule has 0 bridgehead atoms. The highest BCUT2D eigenvalue weighted by Crippen LogP contribution is 2.35. The zero-order chi connectivity index (χ0) is 11.1. The fourth-order valence-corrected chi connectivity index (χ4v) is 2.29. The number of ether oxygens (including phenoxy) is 1. The predicted molar refractivity (Wildman–Crippen MR) is 62.1 cm³/mol. The molecule has 3 rings (SSSR count). The number of hydrogen-bond donors (Lipinski definition) is 0. The Bertz CT molecular complexity index is 548. The van der Waals surface area contributed by atoms with Gasteiger partial charge in [0.05, 0.1) is 5.56 Å². The Morgan fingerprint density at radius 2 is 2.00 bits per heavy atom. The topological polar surface area (TPSA) is 13.1 Å². The Labute approximate surface area is 95.1 Å². The first-order valence-electron chi connectivity index (χ1n) is 5.54. The van der Waals surface area contributed by atoms with E-state index in [1.807, 2.05) is 18.2 Å². The zero-order valence-corrected chi connectivity index (χ0v) is 9.47. The minimum Gasteiger partial charge on any atom is -0.433 e. The van der Waals surface area contributed by atoms with E-state index < -0.39 is 0 Å². The molecule has 2 aromatic rings. The molecule has 1 aromatic carbocycles. The molecule has 0 saturated carbocycles. The molecule has 16 heavy (non-hydrogen) atoms. The first-order chi connectivity index (χ1) is 7.77. The van der Waals surface area contributed by atoms with E-state index in [4.69, 9.17) is 4.74 Å². The van der Waals surface area contributed by atoms with Crippen LogP contribution in [0.1, 0.15) is 18.7 Å². The van der Waals surface area contributed by atoms with Crippen LogP contribution in [-0.2, 0) is 0 Å². The van der Waals surface area contributed by atoms with E-state index in [-0.39, 0.29) is 6.23 Å². The van der Waals surface area contributed by atoms with Gasteiger partial charge in [0.25, 0.3) is 6.23 Å². The number of aromatic nitrogens is 1. The number of rotatable bonds is 0. The van der Waals surface area contributed by atoms with Crippen LogP contribution in [0.3, 0.4) is 0 Å². The van der Waals surface area contributed by atoms with Crippen molar-refractivity contribution in [2.45, 2.75) is 20.1 Å². The van der Waals surface area contributed by atoms with Crippen LogP contribution in [0.15, 0.2) is 42.6 Å². The van der Waals surface area contributed by atoms with E-state index in [2.05, 4.69) is 42.8 Å². The minimum absolute atomic E-state index is 0.0606. The van der Waals surface area contributed by atoms with Gasteiger partial charge in [-0.15, -0.1) is 0 Å². The van der Waals surface area contributed by atoms with Crippen molar-refractivity contribution in [1.29, 1.82) is 0 Å². The van der Waals surface area contributed by atoms with Gasteiger partial charge in [0.2, 0.25) is 5.69 Å². The fourth-order valence-electron chi connectivity index (χ4n) is 2.29. The van der Waals surface area contributed by atoms with Crippen LogP contribution in [0.5, 0.6) is 5.75 Å². The second kappa shape index (κ2) is 3.34. The molecule has 0 saturated heterocycles. The van der Waals surface area contributed by atoms with Gasteiger partial charge in [-0.25, -0.2) is 0 Å². The monoisotopic (exact) mass is 212 g/mol. The number of aryl methyl sites for hydroxylation is 1. The van der Waals surface area contributed by atoms with Crippen molar-refractivity contribution in [2.24, 2.45) is 0 Å². The van der Waals surface area contributed by atoms with Crippen molar-refractivity contribution in [2.75, 3.05) is 0 Å². The lowest BCUT2D eigenvalue weighted by atomic mass is 10.0. The SMILES string of the molecule is Cc1cccc2c1-c1cccc[n+]1C(C)O2. The zero-order valence-electron chi connectivity index (χ0n) is 9.47. The van der Waals surface area contributed by atoms with Crippen molar-refractivity contribution >= 4 is 0 Å². The van der Waals surface area contributed by atoms with E-state index in [1.54, 1.807) is 0 Å². The lowest BCUT2D eigenvalue weighted by Crippen LogP contribution is -2.45. The van der Waals surface area contributed by atoms with Crippen LogP contribution in [0, 0.1) is 6.92 Å². The van der Waals surface area contributed by atoms with Gasteiger partial charge in [-0.05, 0) is 24.6 Å². The molecule has 2 nitrogen and oxygen atoms in total. The number of nitrogens with zero attached hydrogens (tertiary/aromatic N) is 1. The van der Waals surface area contributed by atoms with E-state index >= 15 is 0 Å². The number of pyridine rings is 1. The summed E-state index contributed by atoms with van der Waals surface area (Å²) in [5.74, 6) is 0.985. The molecule has 0 aliphatic carbocycles. The highest BCUT2D eigenvalue weighted by Gasteiger charge is 2.29. The van der Waals surface area contributed by atoms with Gasteiger partial charge in [0, 0.05) is 19.1 Å². The van der Waals surface area contributed by atoms with Crippen LogP contribution in [0.2, 0.25) is 0 Å². The van der Waals surface area contributed by atoms with Gasteiger partial charge in [0.15, 0.2) is 6.20 Å². The van der Waals surface area contributed by atoms with E-state index in [9.17, 15) is 0 Å². The number of fused-ring (bicyclic) bond motifs is 3. The van der Waals surface area contributed by atoms with Crippen LogP contribution in [-0.4, -0.2) is 0 Å². The summed E-state index contributed by atoms with van der Waals surface area (Å²) in [6.07, 6.45) is 2.13. The molecular formula is C14H14NO+. The molecule has 1 aromatic heterocycles. The molecule has 1 atom stereocenters. The number of hydrogen-bond acceptors (Lipinski definition) is 1. The number of benzene rings is 1. The first-order valence-corrected chi connectivity index (χ1v) is 5.54. The lowest BCUT2D eigenvalue weighted by molar-refractivity contribution is -0.743. The summed E-state index contributed by atoms with van der Waals surface area (Å²) in [5.41, 5.74) is 3.69. The molecule has 0 fully saturated rings. The third-order valence-corrected chi connectivity index (χ3v) is 3.07. The Hall–Kier alpha value is -1.83. The molecule has 2 heterocycles. The van der Waals surface area contributed by atoms with Gasteiger partial charge in [-0.3, -0.25) is 0 Å². The van der Waals surface area contributed by atoms with Gasteiger partial charge < -0.3 is 4.74 Å². The summed E-state index contributed by atoms with van der Waals surface area (Å²) in [6, 6.07) is 12.4. The molecule has 1 unspecified atom stereocenters. The molecule has 2 heteroatoms. The van der Waals surface area contributed by atoms with E-state index in [0.717, 1.165) is 5.75 Å². The van der Waals surface area contributed by atoms with Crippen molar-refractivity contribution in [1.82, 2.24) is 0 Å². The summed E-state index contributed by atoms with van der Waals surface area (Å²) < 4.78 is 8.06. The largest absolute Gasteiger partial charge is 0.433 e. The van der Waals surface area contributed by atoms with Gasteiger partial charge in [-0.1, -0.05) is 12.1 Å². The Kier molecular flexibility index (Phi) is 1.96. The average molecular weight is 212 g/mol. The quantitative estimate of drug-likeness (QED) is 0.612. The third-order valence-electron chi connectivity index (χ3n) is 3.07. The standard InChI is InChI=1S/C14H14NO/c1-10-6-5-8-13-14(10)12-7-3-4-9-15(12)11(2)16-13/h3-9,11H,1-2H3/q+1. The van der Waals surface area contributed by atoms with E-state index in [0.29, 0.717) is 0 Å². The summed E-state index contributed by atoms with van der Waals surface area (Å²) in [7, 11) is 0. The van der Waals surface area contributed by atoms with Crippen LogP contribution in [0.25, 0.3) is 11.3 Å². The molecule has 80 valence electrons. The fraction of sp³-hybridized carbons (Fsp3) is 0.214. The molecule has 0 radical (unpaired) electrons. The van der Waals surface area contributed by atoms with Gasteiger partial charge >= 0.3 is 0 Å². The molecular weight excluding hydrogens is 198 g/mol. The van der Waals surface area contributed by atoms with Crippen molar-refractivity contribution in [3.05, 3.63) is 48.2 Å².